The molecule has 0 radical (unpaired) electrons. The lowest BCUT2D eigenvalue weighted by Crippen LogP contribution is -2.41. The predicted octanol–water partition coefficient (Wildman–Crippen LogP) is 5.84. The maximum atomic E-state index is 13.5. The number of nitrogens with zero attached hydrogens (tertiary/aromatic N) is 1. The second-order valence-electron chi connectivity index (χ2n) is 7.95. The number of aryl methyl sites for hydroxylation is 2. The number of ketones is 1. The molecule has 4 nitrogen and oxygen atoms in total. The van der Waals surface area contributed by atoms with Crippen molar-refractivity contribution in [1.29, 1.82) is 0 Å². The van der Waals surface area contributed by atoms with Gasteiger partial charge >= 0.3 is 0 Å². The van der Waals surface area contributed by atoms with Gasteiger partial charge in [-0.3, -0.25) is 9.59 Å². The average molecular weight is 543 g/mol. The smallest absolute Gasteiger partial charge is 0.264 e. The van der Waals surface area contributed by atoms with Crippen molar-refractivity contribution in [1.82, 2.24) is 0 Å². The van der Waals surface area contributed by atoms with Crippen LogP contribution < -0.4 is 4.90 Å². The van der Waals surface area contributed by atoms with Crippen molar-refractivity contribution in [3.05, 3.63) is 97.4 Å². The fourth-order valence-corrected chi connectivity index (χ4v) is 4.80. The zero-order chi connectivity index (χ0) is 22.3. The van der Waals surface area contributed by atoms with Gasteiger partial charge in [-0.05, 0) is 55.3 Å². The maximum Gasteiger partial charge on any atom is 0.264 e. The van der Waals surface area contributed by atoms with E-state index < -0.39 is 11.5 Å². The first kappa shape index (κ1) is 21.9. The molecule has 1 heterocycles. The Labute approximate surface area is 198 Å². The van der Waals surface area contributed by atoms with E-state index in [1.807, 2.05) is 44.2 Å². The first-order valence-corrected chi connectivity index (χ1v) is 11.5. The molecule has 3 aromatic carbocycles. The van der Waals surface area contributed by atoms with Gasteiger partial charge in [-0.25, -0.2) is 0 Å². The summed E-state index contributed by atoms with van der Waals surface area (Å²) in [5.41, 5.74) is 2.81. The standard InChI is InChI=1S/C25H21Br2NO3/c1-15-6-7-18(16(2)10-15)14-28-22-9-8-20(27)12-21(22)25(31,24(28)30)13-23(29)17-4-3-5-19(26)11-17/h3-12,31H,13-14H2,1-2H3. The lowest BCUT2D eigenvalue weighted by Gasteiger charge is -2.23. The monoisotopic (exact) mass is 541 g/mol. The number of hydrogen-bond acceptors (Lipinski definition) is 3. The fourth-order valence-electron chi connectivity index (χ4n) is 4.04. The van der Waals surface area contributed by atoms with Crippen molar-refractivity contribution in [2.75, 3.05) is 4.90 Å². The summed E-state index contributed by atoms with van der Waals surface area (Å²) in [6.07, 6.45) is -0.324. The van der Waals surface area contributed by atoms with Crippen molar-refractivity contribution in [2.24, 2.45) is 0 Å². The Bertz CT molecular complexity index is 1210. The van der Waals surface area contributed by atoms with E-state index in [1.165, 1.54) is 0 Å². The third kappa shape index (κ3) is 4.12. The van der Waals surface area contributed by atoms with E-state index in [-0.39, 0.29) is 12.2 Å². The minimum Gasteiger partial charge on any atom is -0.375 e. The quantitative estimate of drug-likeness (QED) is 0.412. The van der Waals surface area contributed by atoms with Crippen LogP contribution in [0.15, 0.2) is 69.6 Å². The molecule has 0 aromatic heterocycles. The molecule has 1 amide bonds. The highest BCUT2D eigenvalue weighted by Gasteiger charge is 2.51. The highest BCUT2D eigenvalue weighted by atomic mass is 79.9. The normalized spacial score (nSPS) is 17.7. The number of aliphatic hydroxyl groups is 1. The summed E-state index contributed by atoms with van der Waals surface area (Å²) in [5.74, 6) is -0.777. The first-order valence-electron chi connectivity index (χ1n) is 9.88. The molecule has 0 saturated heterocycles. The van der Waals surface area contributed by atoms with E-state index in [2.05, 4.69) is 37.9 Å². The Morgan fingerprint density at radius 3 is 2.45 bits per heavy atom. The summed E-state index contributed by atoms with van der Waals surface area (Å²) in [6, 6.07) is 18.4. The molecule has 31 heavy (non-hydrogen) atoms. The number of amides is 1. The Kier molecular flexibility index (Phi) is 5.90. The van der Waals surface area contributed by atoms with Gasteiger partial charge in [0.1, 0.15) is 0 Å². The maximum absolute atomic E-state index is 13.5. The average Bonchev–Trinajstić information content (AvgIpc) is 2.91. The fraction of sp³-hybridized carbons (Fsp3) is 0.200. The molecule has 0 aliphatic carbocycles. The van der Waals surface area contributed by atoms with E-state index in [1.54, 1.807) is 29.2 Å². The predicted molar refractivity (Wildman–Crippen MR) is 128 cm³/mol. The topological polar surface area (TPSA) is 57.6 Å². The Hall–Kier alpha value is -2.28. The molecule has 0 saturated carbocycles. The molecule has 1 unspecified atom stereocenters. The number of rotatable bonds is 5. The second-order valence-corrected chi connectivity index (χ2v) is 9.78. The van der Waals surface area contributed by atoms with Gasteiger partial charge in [-0.1, -0.05) is 67.8 Å². The number of carbonyl (C=O) groups is 2. The van der Waals surface area contributed by atoms with E-state index >= 15 is 0 Å². The molecule has 1 aliphatic rings. The van der Waals surface area contributed by atoms with Crippen molar-refractivity contribution >= 4 is 49.2 Å². The van der Waals surface area contributed by atoms with Gasteiger partial charge in [-0.2, -0.15) is 0 Å². The van der Waals surface area contributed by atoms with Gasteiger partial charge in [0, 0.05) is 20.1 Å². The van der Waals surface area contributed by atoms with E-state index in [4.69, 9.17) is 0 Å². The van der Waals surface area contributed by atoms with Gasteiger partial charge in [0.15, 0.2) is 11.4 Å². The highest BCUT2D eigenvalue weighted by molar-refractivity contribution is 9.10. The lowest BCUT2D eigenvalue weighted by molar-refractivity contribution is -0.136. The number of anilines is 1. The van der Waals surface area contributed by atoms with Gasteiger partial charge in [0.05, 0.1) is 18.7 Å². The number of halogens is 2. The molecule has 0 spiro atoms. The lowest BCUT2D eigenvalue weighted by atomic mass is 9.88. The minimum absolute atomic E-state index is 0.295. The van der Waals surface area contributed by atoms with E-state index in [9.17, 15) is 14.7 Å². The molecule has 1 N–H and O–H groups in total. The SMILES string of the molecule is Cc1ccc(CN2C(=O)C(O)(CC(=O)c3cccc(Br)c3)c3cc(Br)ccc32)c(C)c1. The Morgan fingerprint density at radius 2 is 1.74 bits per heavy atom. The third-order valence-corrected chi connectivity index (χ3v) is 6.67. The van der Waals surface area contributed by atoms with E-state index in [0.717, 1.165) is 25.6 Å². The molecule has 0 bridgehead atoms. The zero-order valence-corrected chi connectivity index (χ0v) is 20.3. The van der Waals surface area contributed by atoms with Crippen molar-refractivity contribution < 1.29 is 14.7 Å². The van der Waals surface area contributed by atoms with Crippen LogP contribution in [0.1, 0.15) is 39.0 Å². The molecule has 158 valence electrons. The van der Waals surface area contributed by atoms with Gasteiger partial charge in [0.2, 0.25) is 0 Å². The summed E-state index contributed by atoms with van der Waals surface area (Å²) in [6.45, 7) is 4.36. The number of benzene rings is 3. The third-order valence-electron chi connectivity index (χ3n) is 5.68. The number of hydrogen-bond donors (Lipinski definition) is 1. The molecule has 0 fully saturated rings. The molecular weight excluding hydrogens is 522 g/mol. The second kappa shape index (κ2) is 8.34. The molecule has 4 rings (SSSR count). The van der Waals surface area contributed by atoms with Gasteiger partial charge < -0.3 is 10.0 Å². The van der Waals surface area contributed by atoms with Gasteiger partial charge in [0.25, 0.3) is 5.91 Å². The zero-order valence-electron chi connectivity index (χ0n) is 17.2. The van der Waals surface area contributed by atoms with Crippen LogP contribution in [0.4, 0.5) is 5.69 Å². The number of Topliss-reactive ketones (excluding diaryl/α,β-unsaturated/α-hetero) is 1. The number of fused-ring (bicyclic) bond motifs is 1. The number of carbonyl (C=O) groups excluding carboxylic acids is 2. The first-order chi connectivity index (χ1) is 14.7. The molecule has 6 heteroatoms. The Morgan fingerprint density at radius 1 is 1.00 bits per heavy atom. The molecule has 1 aliphatic heterocycles. The summed E-state index contributed by atoms with van der Waals surface area (Å²) >= 11 is 6.80. The van der Waals surface area contributed by atoms with Crippen LogP contribution in [0.2, 0.25) is 0 Å². The van der Waals surface area contributed by atoms with Crippen LogP contribution in [0.25, 0.3) is 0 Å². The summed E-state index contributed by atoms with van der Waals surface area (Å²) in [4.78, 5) is 28.1. The highest BCUT2D eigenvalue weighted by Crippen LogP contribution is 2.45. The van der Waals surface area contributed by atoms with Crippen molar-refractivity contribution in [3.63, 3.8) is 0 Å². The van der Waals surface area contributed by atoms with Crippen LogP contribution in [0, 0.1) is 13.8 Å². The molecular formula is C25H21Br2NO3. The van der Waals surface area contributed by atoms with Crippen LogP contribution in [-0.2, 0) is 16.9 Å². The minimum atomic E-state index is -1.92. The van der Waals surface area contributed by atoms with Crippen LogP contribution in [0.5, 0.6) is 0 Å². The van der Waals surface area contributed by atoms with E-state index in [0.29, 0.717) is 23.4 Å². The van der Waals surface area contributed by atoms with Crippen LogP contribution in [0.3, 0.4) is 0 Å². The van der Waals surface area contributed by atoms with Crippen LogP contribution >= 0.6 is 31.9 Å². The molecule has 1 atom stereocenters. The van der Waals surface area contributed by atoms with Gasteiger partial charge in [-0.15, -0.1) is 0 Å². The Balaban J connectivity index is 1.73. The van der Waals surface area contributed by atoms with Crippen molar-refractivity contribution in [3.8, 4) is 0 Å². The van der Waals surface area contributed by atoms with Crippen LogP contribution in [-0.4, -0.2) is 16.8 Å². The summed E-state index contributed by atoms with van der Waals surface area (Å²) in [5, 5.41) is 11.6. The summed E-state index contributed by atoms with van der Waals surface area (Å²) < 4.78 is 1.50. The van der Waals surface area contributed by atoms with Crippen molar-refractivity contribution in [2.45, 2.75) is 32.4 Å². The molecule has 3 aromatic rings. The largest absolute Gasteiger partial charge is 0.375 e. The summed E-state index contributed by atoms with van der Waals surface area (Å²) in [7, 11) is 0.